The van der Waals surface area contributed by atoms with E-state index in [1.54, 1.807) is 12.3 Å². The molecule has 2 saturated carbocycles. The SMILES string of the molecule is O=C(Nc1ccnc(NC(=O)C2CCCCC2)n1)C1CCCCC1. The number of carbonyl (C=O) groups is 2. The molecule has 0 aromatic carbocycles. The highest BCUT2D eigenvalue weighted by molar-refractivity contribution is 5.93. The van der Waals surface area contributed by atoms with Crippen molar-refractivity contribution in [3.8, 4) is 0 Å². The Hall–Kier alpha value is -1.98. The summed E-state index contributed by atoms with van der Waals surface area (Å²) in [5.41, 5.74) is 0. The molecule has 2 aliphatic carbocycles. The Labute approximate surface area is 142 Å². The molecule has 1 aromatic heterocycles. The van der Waals surface area contributed by atoms with E-state index < -0.39 is 0 Å². The number of carbonyl (C=O) groups excluding carboxylic acids is 2. The highest BCUT2D eigenvalue weighted by Gasteiger charge is 2.23. The molecule has 2 N–H and O–H groups in total. The van der Waals surface area contributed by atoms with Crippen molar-refractivity contribution in [1.82, 2.24) is 9.97 Å². The summed E-state index contributed by atoms with van der Waals surface area (Å²) >= 11 is 0. The average Bonchev–Trinajstić information content (AvgIpc) is 2.63. The first-order valence-corrected chi connectivity index (χ1v) is 9.17. The summed E-state index contributed by atoms with van der Waals surface area (Å²) < 4.78 is 0. The van der Waals surface area contributed by atoms with E-state index >= 15 is 0 Å². The molecule has 1 heterocycles. The van der Waals surface area contributed by atoms with E-state index in [0.717, 1.165) is 51.4 Å². The summed E-state index contributed by atoms with van der Waals surface area (Å²) in [5.74, 6) is 0.881. The smallest absolute Gasteiger partial charge is 0.231 e. The number of aromatic nitrogens is 2. The van der Waals surface area contributed by atoms with Gasteiger partial charge in [0, 0.05) is 18.0 Å². The Bertz CT molecular complexity index is 531. The summed E-state index contributed by atoms with van der Waals surface area (Å²) in [6.45, 7) is 0. The summed E-state index contributed by atoms with van der Waals surface area (Å²) in [6.07, 6.45) is 12.2. The summed E-state index contributed by atoms with van der Waals surface area (Å²) in [6, 6.07) is 1.66. The molecule has 0 bridgehead atoms. The third kappa shape index (κ3) is 4.52. The van der Waals surface area contributed by atoms with Crippen molar-refractivity contribution in [2.24, 2.45) is 11.8 Å². The fourth-order valence-corrected chi connectivity index (χ4v) is 3.66. The van der Waals surface area contributed by atoms with E-state index in [1.165, 1.54) is 12.8 Å². The van der Waals surface area contributed by atoms with Gasteiger partial charge in [-0.1, -0.05) is 38.5 Å². The lowest BCUT2D eigenvalue weighted by Gasteiger charge is -2.21. The molecule has 6 heteroatoms. The van der Waals surface area contributed by atoms with Crippen molar-refractivity contribution in [3.63, 3.8) is 0 Å². The third-order valence-electron chi connectivity index (χ3n) is 5.09. The zero-order valence-electron chi connectivity index (χ0n) is 14.1. The van der Waals surface area contributed by atoms with Gasteiger partial charge in [-0.25, -0.2) is 4.98 Å². The molecule has 6 nitrogen and oxygen atoms in total. The summed E-state index contributed by atoms with van der Waals surface area (Å²) in [5, 5.41) is 5.66. The number of nitrogens with one attached hydrogen (secondary N) is 2. The van der Waals surface area contributed by atoms with Crippen molar-refractivity contribution in [2.75, 3.05) is 10.6 Å². The molecular weight excluding hydrogens is 304 g/mol. The maximum atomic E-state index is 12.3. The van der Waals surface area contributed by atoms with E-state index in [2.05, 4.69) is 20.6 Å². The zero-order valence-corrected chi connectivity index (χ0v) is 14.1. The van der Waals surface area contributed by atoms with Gasteiger partial charge in [-0.05, 0) is 31.7 Å². The second-order valence-corrected chi connectivity index (χ2v) is 6.91. The highest BCUT2D eigenvalue weighted by atomic mass is 16.2. The third-order valence-corrected chi connectivity index (χ3v) is 5.09. The minimum Gasteiger partial charge on any atom is -0.310 e. The molecule has 24 heavy (non-hydrogen) atoms. The van der Waals surface area contributed by atoms with Gasteiger partial charge in [0.25, 0.3) is 0 Å². The number of hydrogen-bond donors (Lipinski definition) is 2. The first-order valence-electron chi connectivity index (χ1n) is 9.17. The van der Waals surface area contributed by atoms with Crippen molar-refractivity contribution < 1.29 is 9.59 Å². The lowest BCUT2D eigenvalue weighted by molar-refractivity contribution is -0.121. The first-order chi connectivity index (χ1) is 11.7. The highest BCUT2D eigenvalue weighted by Crippen LogP contribution is 2.26. The van der Waals surface area contributed by atoms with Gasteiger partial charge >= 0.3 is 0 Å². The number of rotatable bonds is 4. The van der Waals surface area contributed by atoms with Gasteiger partial charge in [0.15, 0.2) is 0 Å². The maximum Gasteiger partial charge on any atom is 0.231 e. The van der Waals surface area contributed by atoms with Crippen LogP contribution >= 0.6 is 0 Å². The first kappa shape index (κ1) is 16.9. The molecular formula is C18H26N4O2. The molecule has 0 aliphatic heterocycles. The Morgan fingerprint density at radius 2 is 1.38 bits per heavy atom. The zero-order chi connectivity index (χ0) is 16.8. The van der Waals surface area contributed by atoms with E-state index in [4.69, 9.17) is 0 Å². The monoisotopic (exact) mass is 330 g/mol. The van der Waals surface area contributed by atoms with Gasteiger partial charge in [0.05, 0.1) is 0 Å². The predicted molar refractivity (Wildman–Crippen MR) is 92.4 cm³/mol. The molecule has 0 radical (unpaired) electrons. The van der Waals surface area contributed by atoms with Crippen molar-refractivity contribution in [1.29, 1.82) is 0 Å². The van der Waals surface area contributed by atoms with E-state index in [1.807, 2.05) is 0 Å². The van der Waals surface area contributed by atoms with Crippen LogP contribution in [0.4, 0.5) is 11.8 Å². The standard InChI is InChI=1S/C18H26N4O2/c23-16(13-7-3-1-4-8-13)20-15-11-12-19-18(21-15)22-17(24)14-9-5-2-6-10-14/h11-14H,1-10H2,(H2,19,20,21,22,23,24). The van der Waals surface area contributed by atoms with Gasteiger partial charge in [-0.2, -0.15) is 4.98 Å². The lowest BCUT2D eigenvalue weighted by atomic mass is 9.89. The van der Waals surface area contributed by atoms with Gasteiger partial charge < -0.3 is 5.32 Å². The molecule has 0 saturated heterocycles. The minimum atomic E-state index is -0.00884. The number of anilines is 2. The van der Waals surface area contributed by atoms with Crippen LogP contribution in [-0.2, 0) is 9.59 Å². The Kier molecular flexibility index (Phi) is 5.77. The number of hydrogen-bond acceptors (Lipinski definition) is 4. The molecule has 3 rings (SSSR count). The van der Waals surface area contributed by atoms with E-state index in [0.29, 0.717) is 5.82 Å². The van der Waals surface area contributed by atoms with Gasteiger partial charge in [0.1, 0.15) is 5.82 Å². The molecule has 2 aliphatic rings. The molecule has 0 unspecified atom stereocenters. The van der Waals surface area contributed by atoms with E-state index in [9.17, 15) is 9.59 Å². The normalized spacial score (nSPS) is 19.7. The van der Waals surface area contributed by atoms with Crippen LogP contribution in [0.3, 0.4) is 0 Å². The average molecular weight is 330 g/mol. The van der Waals surface area contributed by atoms with Crippen LogP contribution in [0.25, 0.3) is 0 Å². The Morgan fingerprint density at radius 1 is 0.833 bits per heavy atom. The Morgan fingerprint density at radius 3 is 1.96 bits per heavy atom. The minimum absolute atomic E-state index is 0.00884. The van der Waals surface area contributed by atoms with E-state index in [-0.39, 0.29) is 29.6 Å². The Balaban J connectivity index is 1.57. The van der Waals surface area contributed by atoms with Crippen LogP contribution in [0.15, 0.2) is 12.3 Å². The second kappa shape index (κ2) is 8.22. The molecule has 2 fully saturated rings. The van der Waals surface area contributed by atoms with Crippen LogP contribution in [0, 0.1) is 11.8 Å². The summed E-state index contributed by atoms with van der Waals surface area (Å²) in [7, 11) is 0. The quantitative estimate of drug-likeness (QED) is 0.885. The van der Waals surface area contributed by atoms with Crippen molar-refractivity contribution >= 4 is 23.6 Å². The van der Waals surface area contributed by atoms with Gasteiger partial charge in [-0.15, -0.1) is 0 Å². The molecule has 0 atom stereocenters. The molecule has 1 aromatic rings. The van der Waals surface area contributed by atoms with Crippen LogP contribution in [0.1, 0.15) is 64.2 Å². The predicted octanol–water partition coefficient (Wildman–Crippen LogP) is 3.51. The fraction of sp³-hybridized carbons (Fsp3) is 0.667. The maximum absolute atomic E-state index is 12.3. The van der Waals surface area contributed by atoms with Crippen molar-refractivity contribution in [3.05, 3.63) is 12.3 Å². The number of amides is 2. The largest absolute Gasteiger partial charge is 0.310 e. The molecule has 0 spiro atoms. The van der Waals surface area contributed by atoms with Crippen LogP contribution in [0.2, 0.25) is 0 Å². The topological polar surface area (TPSA) is 84.0 Å². The van der Waals surface area contributed by atoms with Crippen LogP contribution in [-0.4, -0.2) is 21.8 Å². The fourth-order valence-electron chi connectivity index (χ4n) is 3.66. The van der Waals surface area contributed by atoms with Crippen LogP contribution in [0.5, 0.6) is 0 Å². The number of nitrogens with zero attached hydrogens (tertiary/aromatic N) is 2. The van der Waals surface area contributed by atoms with Gasteiger partial charge in [0.2, 0.25) is 17.8 Å². The molecule has 2 amide bonds. The second-order valence-electron chi connectivity index (χ2n) is 6.91. The molecule has 130 valence electrons. The summed E-state index contributed by atoms with van der Waals surface area (Å²) in [4.78, 5) is 32.9. The van der Waals surface area contributed by atoms with Crippen molar-refractivity contribution in [2.45, 2.75) is 64.2 Å². The van der Waals surface area contributed by atoms with Crippen LogP contribution < -0.4 is 10.6 Å². The lowest BCUT2D eigenvalue weighted by Crippen LogP contribution is -2.27. The van der Waals surface area contributed by atoms with Gasteiger partial charge in [-0.3, -0.25) is 14.9 Å².